The Morgan fingerprint density at radius 3 is 2.37 bits per heavy atom. The Morgan fingerprint density at radius 1 is 1.20 bits per heavy atom. The third-order valence-corrected chi connectivity index (χ3v) is 6.95. The van der Waals surface area contributed by atoms with Gasteiger partial charge in [0, 0.05) is 24.4 Å². The summed E-state index contributed by atoms with van der Waals surface area (Å²) in [5.41, 5.74) is 2.87. The molecule has 3 aromatic rings. The molecule has 0 spiro atoms. The van der Waals surface area contributed by atoms with Gasteiger partial charge in [-0.1, -0.05) is 12.1 Å². The number of rotatable bonds is 7. The van der Waals surface area contributed by atoms with Crippen molar-refractivity contribution < 1.29 is 18.4 Å². The molecule has 1 atom stereocenters. The minimum atomic E-state index is -3.85. The van der Waals surface area contributed by atoms with E-state index in [0.29, 0.717) is 11.3 Å². The van der Waals surface area contributed by atoms with Crippen LogP contribution >= 0.6 is 0 Å². The van der Waals surface area contributed by atoms with Gasteiger partial charge in [0.1, 0.15) is 0 Å². The van der Waals surface area contributed by atoms with Crippen LogP contribution in [0.4, 0.5) is 0 Å². The molecule has 2 heterocycles. The van der Waals surface area contributed by atoms with Crippen molar-refractivity contribution in [3.63, 3.8) is 0 Å². The number of carbonyl (C=O) groups excluding carboxylic acids is 1. The standard InChI is InChI=1S/C18H20N6O5S/c1-18(17(26)22-27,30(2,28)29)7-10-23-12-19-15(11-16(23)25)13-3-5-14(6-4-13)24-20-8-9-21-24/h3-6,8-9,11-12,27H,7,10H2,1-2H3,(H,22,26). The summed E-state index contributed by atoms with van der Waals surface area (Å²) in [7, 11) is -3.85. The first-order valence-electron chi connectivity index (χ1n) is 8.83. The van der Waals surface area contributed by atoms with Crippen molar-refractivity contribution in [2.24, 2.45) is 0 Å². The number of hydrogen-bond donors (Lipinski definition) is 2. The van der Waals surface area contributed by atoms with Gasteiger partial charge in [-0.3, -0.25) is 19.4 Å². The Balaban J connectivity index is 1.80. The fourth-order valence-corrected chi connectivity index (χ4v) is 3.63. The van der Waals surface area contributed by atoms with Crippen molar-refractivity contribution in [2.75, 3.05) is 6.26 Å². The molecule has 0 aliphatic heterocycles. The minimum absolute atomic E-state index is 0.0764. The molecule has 158 valence electrons. The molecule has 12 heteroatoms. The summed E-state index contributed by atoms with van der Waals surface area (Å²) >= 11 is 0. The largest absolute Gasteiger partial charge is 0.299 e. The van der Waals surface area contributed by atoms with Gasteiger partial charge in [0.25, 0.3) is 11.5 Å². The van der Waals surface area contributed by atoms with Crippen molar-refractivity contribution in [1.29, 1.82) is 0 Å². The van der Waals surface area contributed by atoms with Gasteiger partial charge in [0.15, 0.2) is 14.6 Å². The molecule has 0 fully saturated rings. The van der Waals surface area contributed by atoms with Crippen LogP contribution in [-0.4, -0.2) is 55.1 Å². The molecule has 3 rings (SSSR count). The van der Waals surface area contributed by atoms with Crippen LogP contribution in [0.3, 0.4) is 0 Å². The number of hydroxylamine groups is 1. The van der Waals surface area contributed by atoms with Crippen LogP contribution in [0, 0.1) is 0 Å². The van der Waals surface area contributed by atoms with Crippen molar-refractivity contribution in [3.8, 4) is 16.9 Å². The lowest BCUT2D eigenvalue weighted by Gasteiger charge is -2.25. The molecule has 0 bridgehead atoms. The molecule has 0 saturated carbocycles. The Hall–Kier alpha value is -3.38. The fourth-order valence-electron chi connectivity index (χ4n) is 2.79. The first-order chi connectivity index (χ1) is 14.2. The molecule has 0 aliphatic rings. The van der Waals surface area contributed by atoms with Gasteiger partial charge in [-0.25, -0.2) is 18.9 Å². The van der Waals surface area contributed by atoms with Gasteiger partial charge < -0.3 is 0 Å². The average molecular weight is 432 g/mol. The zero-order valence-corrected chi connectivity index (χ0v) is 17.1. The summed E-state index contributed by atoms with van der Waals surface area (Å²) in [6.45, 7) is 1.11. The normalized spacial score (nSPS) is 13.6. The van der Waals surface area contributed by atoms with E-state index in [1.54, 1.807) is 36.7 Å². The van der Waals surface area contributed by atoms with Gasteiger partial charge in [-0.2, -0.15) is 15.0 Å². The van der Waals surface area contributed by atoms with E-state index < -0.39 is 26.1 Å². The Kier molecular flexibility index (Phi) is 5.80. The van der Waals surface area contributed by atoms with Crippen molar-refractivity contribution in [2.45, 2.75) is 24.6 Å². The maximum atomic E-state index is 12.5. The van der Waals surface area contributed by atoms with E-state index in [1.807, 2.05) is 0 Å². The summed E-state index contributed by atoms with van der Waals surface area (Å²) < 4.78 is 23.4. The van der Waals surface area contributed by atoms with Crippen LogP contribution in [0.2, 0.25) is 0 Å². The monoisotopic (exact) mass is 432 g/mol. The van der Waals surface area contributed by atoms with Crippen molar-refractivity contribution in [3.05, 3.63) is 59.4 Å². The Labute approximate surface area is 171 Å². The zero-order valence-electron chi connectivity index (χ0n) is 16.3. The highest BCUT2D eigenvalue weighted by Gasteiger charge is 2.43. The number of benzene rings is 1. The molecule has 30 heavy (non-hydrogen) atoms. The molecule has 1 aromatic carbocycles. The lowest BCUT2D eigenvalue weighted by molar-refractivity contribution is -0.131. The highest BCUT2D eigenvalue weighted by atomic mass is 32.2. The second-order valence-corrected chi connectivity index (χ2v) is 9.31. The van der Waals surface area contributed by atoms with Gasteiger partial charge in [0.05, 0.1) is 30.1 Å². The molecule has 0 radical (unpaired) electrons. The quantitative estimate of drug-likeness (QED) is 0.397. The maximum absolute atomic E-state index is 12.5. The van der Waals surface area contributed by atoms with E-state index >= 15 is 0 Å². The van der Waals surface area contributed by atoms with Gasteiger partial charge in [0.2, 0.25) is 0 Å². The molecular weight excluding hydrogens is 412 g/mol. The molecule has 1 amide bonds. The summed E-state index contributed by atoms with van der Waals surface area (Å²) in [5, 5.41) is 17.0. The zero-order chi connectivity index (χ0) is 21.9. The smallest absolute Gasteiger partial charge is 0.264 e. The van der Waals surface area contributed by atoms with Crippen LogP contribution in [-0.2, 0) is 21.2 Å². The predicted octanol–water partition coefficient (Wildman–Crippen LogP) is 0.190. The SMILES string of the molecule is CC(CCn1cnc(-c2ccc(-n3nccn3)cc2)cc1=O)(C(=O)NO)S(C)(=O)=O. The average Bonchev–Trinajstić information content (AvgIpc) is 3.26. The number of amides is 1. The van der Waals surface area contributed by atoms with Crippen LogP contribution in [0.15, 0.2) is 53.8 Å². The molecule has 2 aromatic heterocycles. The van der Waals surface area contributed by atoms with E-state index in [0.717, 1.165) is 11.9 Å². The first-order valence-corrected chi connectivity index (χ1v) is 10.7. The highest BCUT2D eigenvalue weighted by Crippen LogP contribution is 2.22. The fraction of sp³-hybridized carbons (Fsp3) is 0.278. The number of hydrogen-bond acceptors (Lipinski definition) is 8. The van der Waals surface area contributed by atoms with Crippen LogP contribution in [0.25, 0.3) is 16.9 Å². The van der Waals surface area contributed by atoms with Crippen LogP contribution in [0.5, 0.6) is 0 Å². The third-order valence-electron chi connectivity index (χ3n) is 4.92. The molecule has 2 N–H and O–H groups in total. The molecule has 0 aliphatic carbocycles. The number of aromatic nitrogens is 5. The summed E-state index contributed by atoms with van der Waals surface area (Å²) in [6, 6.07) is 8.44. The van der Waals surface area contributed by atoms with Crippen molar-refractivity contribution >= 4 is 15.7 Å². The maximum Gasteiger partial charge on any atom is 0.264 e. The van der Waals surface area contributed by atoms with E-state index in [-0.39, 0.29) is 13.0 Å². The van der Waals surface area contributed by atoms with Gasteiger partial charge in [-0.15, -0.1) is 0 Å². The van der Waals surface area contributed by atoms with E-state index in [1.165, 1.54) is 34.2 Å². The minimum Gasteiger partial charge on any atom is -0.299 e. The van der Waals surface area contributed by atoms with Gasteiger partial charge >= 0.3 is 0 Å². The highest BCUT2D eigenvalue weighted by molar-refractivity contribution is 7.92. The van der Waals surface area contributed by atoms with E-state index in [9.17, 15) is 18.0 Å². The molecule has 1 unspecified atom stereocenters. The lowest BCUT2D eigenvalue weighted by Crippen LogP contribution is -2.50. The Bertz CT molecular complexity index is 1200. The van der Waals surface area contributed by atoms with E-state index in [4.69, 9.17) is 5.21 Å². The number of nitrogens with zero attached hydrogens (tertiary/aromatic N) is 5. The summed E-state index contributed by atoms with van der Waals surface area (Å²) in [5.74, 6) is -1.06. The first kappa shape index (κ1) is 21.3. The number of nitrogens with one attached hydrogen (secondary N) is 1. The second kappa shape index (κ2) is 8.16. The van der Waals surface area contributed by atoms with Crippen molar-refractivity contribution in [1.82, 2.24) is 30.0 Å². The predicted molar refractivity (Wildman–Crippen MR) is 107 cm³/mol. The van der Waals surface area contributed by atoms with Crippen LogP contribution < -0.4 is 11.0 Å². The third kappa shape index (κ3) is 4.14. The lowest BCUT2D eigenvalue weighted by atomic mass is 10.1. The van der Waals surface area contributed by atoms with Gasteiger partial charge in [-0.05, 0) is 25.5 Å². The molecular formula is C18H20N6O5S. The Morgan fingerprint density at radius 2 is 1.83 bits per heavy atom. The number of carbonyl (C=O) groups is 1. The molecule has 11 nitrogen and oxygen atoms in total. The van der Waals surface area contributed by atoms with Crippen LogP contribution in [0.1, 0.15) is 13.3 Å². The number of aryl methyl sites for hydroxylation is 1. The molecule has 0 saturated heterocycles. The summed E-state index contributed by atoms with van der Waals surface area (Å²) in [4.78, 5) is 30.1. The summed E-state index contributed by atoms with van der Waals surface area (Å²) in [6.07, 6.45) is 5.10. The number of sulfone groups is 1. The van der Waals surface area contributed by atoms with E-state index in [2.05, 4.69) is 15.2 Å². The topological polar surface area (TPSA) is 149 Å². The second-order valence-electron chi connectivity index (χ2n) is 6.87.